The summed E-state index contributed by atoms with van der Waals surface area (Å²) < 4.78 is 0. The van der Waals surface area contributed by atoms with E-state index in [2.05, 4.69) is 10.2 Å². The first kappa shape index (κ1) is 8.01. The van der Waals surface area contributed by atoms with Gasteiger partial charge in [-0.15, -0.1) is 0 Å². The molecule has 0 fully saturated rings. The van der Waals surface area contributed by atoms with E-state index in [-0.39, 0.29) is 0 Å². The summed E-state index contributed by atoms with van der Waals surface area (Å²) in [6, 6.07) is 0. The SMILES string of the molecule is C/C=N\N=C(\C)C(C)=N. The van der Waals surface area contributed by atoms with Crippen LogP contribution in [0.3, 0.4) is 0 Å². The van der Waals surface area contributed by atoms with Gasteiger partial charge in [-0.05, 0) is 20.8 Å². The van der Waals surface area contributed by atoms with E-state index >= 15 is 0 Å². The van der Waals surface area contributed by atoms with E-state index in [9.17, 15) is 0 Å². The standard InChI is InChI=1S/C6H11N3/c1-4-8-9-6(3)5(2)7/h4,7H,1-3H3/b7-5?,8-4-,9-6-. The van der Waals surface area contributed by atoms with Gasteiger partial charge >= 0.3 is 0 Å². The molecular formula is C6H11N3. The number of hydrogen-bond acceptors (Lipinski definition) is 3. The molecule has 0 rings (SSSR count). The minimum atomic E-state index is 0.459. The van der Waals surface area contributed by atoms with Crippen molar-refractivity contribution < 1.29 is 0 Å². The summed E-state index contributed by atoms with van der Waals surface area (Å²) in [7, 11) is 0. The summed E-state index contributed by atoms with van der Waals surface area (Å²) in [5, 5.41) is 14.4. The van der Waals surface area contributed by atoms with E-state index in [0.717, 1.165) is 0 Å². The zero-order valence-electron chi connectivity index (χ0n) is 5.97. The average molecular weight is 125 g/mol. The Kier molecular flexibility index (Phi) is 3.51. The quantitative estimate of drug-likeness (QED) is 0.429. The van der Waals surface area contributed by atoms with Gasteiger partial charge in [0.05, 0.1) is 11.4 Å². The van der Waals surface area contributed by atoms with E-state index in [1.165, 1.54) is 0 Å². The van der Waals surface area contributed by atoms with Crippen LogP contribution in [0.25, 0.3) is 0 Å². The minimum absolute atomic E-state index is 0.459. The molecule has 9 heavy (non-hydrogen) atoms. The zero-order valence-corrected chi connectivity index (χ0v) is 5.97. The Morgan fingerprint density at radius 1 is 1.44 bits per heavy atom. The molecule has 0 spiro atoms. The second-order valence-corrected chi connectivity index (χ2v) is 1.68. The van der Waals surface area contributed by atoms with Gasteiger partial charge in [0.25, 0.3) is 0 Å². The van der Waals surface area contributed by atoms with Crippen LogP contribution in [0.5, 0.6) is 0 Å². The molecule has 0 bridgehead atoms. The van der Waals surface area contributed by atoms with Crippen LogP contribution in [-0.4, -0.2) is 17.6 Å². The van der Waals surface area contributed by atoms with Crippen molar-refractivity contribution >= 4 is 17.6 Å². The van der Waals surface area contributed by atoms with Crippen LogP contribution < -0.4 is 0 Å². The maximum Gasteiger partial charge on any atom is 0.0803 e. The average Bonchev–Trinajstić information content (AvgIpc) is 1.82. The highest BCUT2D eigenvalue weighted by Gasteiger charge is 1.89. The summed E-state index contributed by atoms with van der Waals surface area (Å²) in [5.74, 6) is 0. The topological polar surface area (TPSA) is 48.6 Å². The Balaban J connectivity index is 4.00. The molecule has 0 aliphatic heterocycles. The molecule has 50 valence electrons. The maximum atomic E-state index is 7.07. The number of rotatable bonds is 2. The molecule has 0 unspecified atom stereocenters. The highest BCUT2D eigenvalue weighted by molar-refractivity contribution is 6.39. The lowest BCUT2D eigenvalue weighted by molar-refractivity contribution is 1.24. The molecule has 0 aromatic heterocycles. The van der Waals surface area contributed by atoms with Crippen molar-refractivity contribution in [2.45, 2.75) is 20.8 Å². The van der Waals surface area contributed by atoms with Gasteiger partial charge in [0.2, 0.25) is 0 Å². The lowest BCUT2D eigenvalue weighted by Gasteiger charge is -1.88. The third-order valence-corrected chi connectivity index (χ3v) is 0.866. The van der Waals surface area contributed by atoms with Crippen LogP contribution in [-0.2, 0) is 0 Å². The van der Waals surface area contributed by atoms with E-state index in [0.29, 0.717) is 11.4 Å². The van der Waals surface area contributed by atoms with Crippen LogP contribution in [0, 0.1) is 5.41 Å². The largest absolute Gasteiger partial charge is 0.304 e. The van der Waals surface area contributed by atoms with Gasteiger partial charge in [-0.1, -0.05) is 0 Å². The van der Waals surface area contributed by atoms with Gasteiger partial charge in [-0.2, -0.15) is 10.2 Å². The Morgan fingerprint density at radius 3 is 2.33 bits per heavy atom. The van der Waals surface area contributed by atoms with E-state index in [1.807, 2.05) is 0 Å². The fourth-order valence-corrected chi connectivity index (χ4v) is 0.219. The van der Waals surface area contributed by atoms with E-state index in [4.69, 9.17) is 5.41 Å². The Hall–Kier alpha value is -0.990. The molecule has 3 nitrogen and oxygen atoms in total. The molecule has 1 N–H and O–H groups in total. The third kappa shape index (κ3) is 3.58. The molecule has 0 aromatic carbocycles. The van der Waals surface area contributed by atoms with Crippen molar-refractivity contribution in [3.63, 3.8) is 0 Å². The summed E-state index contributed by atoms with van der Waals surface area (Å²) in [5.41, 5.74) is 1.12. The maximum absolute atomic E-state index is 7.07. The fraction of sp³-hybridized carbons (Fsp3) is 0.500. The predicted octanol–water partition coefficient (Wildman–Crippen LogP) is 1.49. The molecule has 0 radical (unpaired) electrons. The summed E-state index contributed by atoms with van der Waals surface area (Å²) in [6.07, 6.45) is 1.59. The summed E-state index contributed by atoms with van der Waals surface area (Å²) in [6.45, 7) is 5.23. The van der Waals surface area contributed by atoms with E-state index in [1.54, 1.807) is 27.0 Å². The molecule has 0 amide bonds. The van der Waals surface area contributed by atoms with Gasteiger partial charge in [-0.25, -0.2) is 0 Å². The summed E-state index contributed by atoms with van der Waals surface area (Å²) in [4.78, 5) is 0. The Labute approximate surface area is 55.0 Å². The highest BCUT2D eigenvalue weighted by atomic mass is 15.2. The molecule has 0 aromatic rings. The van der Waals surface area contributed by atoms with Crippen LogP contribution in [0.1, 0.15) is 20.8 Å². The highest BCUT2D eigenvalue weighted by Crippen LogP contribution is 1.80. The molecule has 0 aliphatic carbocycles. The minimum Gasteiger partial charge on any atom is -0.304 e. The molecule has 0 atom stereocenters. The smallest absolute Gasteiger partial charge is 0.0803 e. The molecule has 3 heteroatoms. The normalized spacial score (nSPS) is 12.6. The number of hydrogen-bond donors (Lipinski definition) is 1. The first-order valence-electron chi connectivity index (χ1n) is 2.76. The van der Waals surface area contributed by atoms with Gasteiger partial charge in [0, 0.05) is 6.21 Å². The van der Waals surface area contributed by atoms with Crippen LogP contribution in [0.15, 0.2) is 10.2 Å². The van der Waals surface area contributed by atoms with Crippen molar-refractivity contribution in [3.05, 3.63) is 0 Å². The van der Waals surface area contributed by atoms with Crippen molar-refractivity contribution in [1.29, 1.82) is 5.41 Å². The van der Waals surface area contributed by atoms with Crippen molar-refractivity contribution in [2.24, 2.45) is 10.2 Å². The van der Waals surface area contributed by atoms with Crippen LogP contribution in [0.4, 0.5) is 0 Å². The lowest BCUT2D eigenvalue weighted by Crippen LogP contribution is -2.01. The second-order valence-electron chi connectivity index (χ2n) is 1.68. The van der Waals surface area contributed by atoms with Gasteiger partial charge < -0.3 is 5.41 Å². The number of nitrogens with zero attached hydrogens (tertiary/aromatic N) is 2. The van der Waals surface area contributed by atoms with Crippen molar-refractivity contribution in [1.82, 2.24) is 0 Å². The predicted molar refractivity (Wildman–Crippen MR) is 40.7 cm³/mol. The van der Waals surface area contributed by atoms with Gasteiger partial charge in [-0.3, -0.25) is 0 Å². The summed E-state index contributed by atoms with van der Waals surface area (Å²) >= 11 is 0. The van der Waals surface area contributed by atoms with Crippen LogP contribution >= 0.6 is 0 Å². The first-order chi connectivity index (χ1) is 4.18. The lowest BCUT2D eigenvalue weighted by atomic mass is 10.3. The first-order valence-corrected chi connectivity index (χ1v) is 2.76. The fourth-order valence-electron chi connectivity index (χ4n) is 0.219. The van der Waals surface area contributed by atoms with E-state index < -0.39 is 0 Å². The number of nitrogens with one attached hydrogen (secondary N) is 1. The van der Waals surface area contributed by atoms with Gasteiger partial charge in [0.15, 0.2) is 0 Å². The molecule has 0 saturated carbocycles. The molecule has 0 saturated heterocycles. The van der Waals surface area contributed by atoms with Crippen molar-refractivity contribution in [2.75, 3.05) is 0 Å². The zero-order chi connectivity index (χ0) is 7.28. The second kappa shape index (κ2) is 3.95. The van der Waals surface area contributed by atoms with Crippen LogP contribution in [0.2, 0.25) is 0 Å². The Morgan fingerprint density at radius 2 is 2.00 bits per heavy atom. The third-order valence-electron chi connectivity index (χ3n) is 0.866. The molecule has 0 heterocycles. The van der Waals surface area contributed by atoms with Crippen molar-refractivity contribution in [3.8, 4) is 0 Å². The monoisotopic (exact) mass is 125 g/mol. The molecule has 0 aliphatic rings. The Bertz CT molecular complexity index is 156. The molecular weight excluding hydrogens is 114 g/mol. The van der Waals surface area contributed by atoms with Gasteiger partial charge in [0.1, 0.15) is 0 Å².